The molecule has 5 heteroatoms. The molecule has 0 radical (unpaired) electrons. The van der Waals surface area contributed by atoms with Gasteiger partial charge in [-0.05, 0) is 19.1 Å². The monoisotopic (exact) mass is 241 g/mol. The number of benzene rings is 1. The van der Waals surface area contributed by atoms with Crippen LogP contribution in [-0.2, 0) is 0 Å². The minimum absolute atomic E-state index is 0.106. The number of nitrogens with zero attached hydrogens (tertiary/aromatic N) is 1. The summed E-state index contributed by atoms with van der Waals surface area (Å²) >= 11 is 1.55. The van der Waals surface area contributed by atoms with Gasteiger partial charge in [0.15, 0.2) is 5.69 Å². The fourth-order valence-electron chi connectivity index (χ4n) is 1.94. The van der Waals surface area contributed by atoms with Crippen molar-refractivity contribution in [1.29, 1.82) is 0 Å². The molecule has 0 spiro atoms. The van der Waals surface area contributed by atoms with E-state index in [0.29, 0.717) is 11.4 Å². The molecule has 0 bridgehead atoms. The summed E-state index contributed by atoms with van der Waals surface area (Å²) in [5.74, 6) is 0.685. The van der Waals surface area contributed by atoms with E-state index < -0.39 is 4.65 Å². The molecule has 16 heavy (non-hydrogen) atoms. The van der Waals surface area contributed by atoms with Gasteiger partial charge in [0.05, 0.1) is 18.6 Å². The highest BCUT2D eigenvalue weighted by Crippen LogP contribution is 2.48. The molecule has 0 aromatic heterocycles. The molecule has 0 amide bonds. The van der Waals surface area contributed by atoms with Crippen molar-refractivity contribution >= 4 is 17.4 Å². The molecule has 2 rings (SSSR count). The predicted octanol–water partition coefficient (Wildman–Crippen LogP) is 1.94. The van der Waals surface area contributed by atoms with Crippen molar-refractivity contribution in [3.05, 3.63) is 23.4 Å². The van der Waals surface area contributed by atoms with Gasteiger partial charge >= 0.3 is 0 Å². The summed E-state index contributed by atoms with van der Waals surface area (Å²) in [6.07, 6.45) is 0. The first kappa shape index (κ1) is 11.7. The van der Waals surface area contributed by atoms with Gasteiger partial charge in [0.25, 0.3) is 0 Å². The van der Waals surface area contributed by atoms with Crippen LogP contribution in [0.15, 0.2) is 23.1 Å². The lowest BCUT2D eigenvalue weighted by atomic mass is 10.2. The highest BCUT2D eigenvalue weighted by molar-refractivity contribution is 8.00. The molecule has 0 fully saturated rings. The van der Waals surface area contributed by atoms with Crippen molar-refractivity contribution in [2.75, 3.05) is 20.3 Å². The van der Waals surface area contributed by atoms with Crippen LogP contribution in [0.1, 0.15) is 6.92 Å². The Morgan fingerprint density at radius 2 is 2.31 bits per heavy atom. The van der Waals surface area contributed by atoms with E-state index in [-0.39, 0.29) is 18.5 Å². The van der Waals surface area contributed by atoms with E-state index in [1.165, 1.54) is 0 Å². The van der Waals surface area contributed by atoms with Crippen LogP contribution in [0.4, 0.5) is 5.69 Å². The van der Waals surface area contributed by atoms with Crippen LogP contribution in [0.5, 0.6) is 5.75 Å². The Morgan fingerprint density at radius 1 is 1.56 bits per heavy atom. The Balaban J connectivity index is 2.45. The standard InChI is InChI=1S/C11H15NO3S/c1-8-12(14,5-6-13)10-7-9(15-2)3-4-11(10)16-8/h3-4,7-8,13H,5-6H2,1-2H3. The van der Waals surface area contributed by atoms with Crippen LogP contribution in [0.3, 0.4) is 0 Å². The lowest BCUT2D eigenvalue weighted by Gasteiger charge is -2.41. The Hall–Kier alpha value is -0.750. The number of hydrogen-bond donors (Lipinski definition) is 1. The van der Waals surface area contributed by atoms with Crippen LogP contribution >= 0.6 is 11.8 Å². The molecule has 4 nitrogen and oxygen atoms in total. The van der Waals surface area contributed by atoms with Crippen molar-refractivity contribution < 1.29 is 9.84 Å². The molecule has 1 aromatic carbocycles. The van der Waals surface area contributed by atoms with E-state index in [1.807, 2.05) is 19.1 Å². The van der Waals surface area contributed by atoms with E-state index in [4.69, 9.17) is 9.84 Å². The molecule has 0 aliphatic carbocycles. The molecule has 1 aliphatic rings. The van der Waals surface area contributed by atoms with E-state index in [9.17, 15) is 5.21 Å². The van der Waals surface area contributed by atoms with Gasteiger partial charge in [-0.15, -0.1) is 0 Å². The summed E-state index contributed by atoms with van der Waals surface area (Å²) < 4.78 is 4.65. The topological polar surface area (TPSA) is 52.5 Å². The first-order valence-corrected chi connectivity index (χ1v) is 6.04. The van der Waals surface area contributed by atoms with Gasteiger partial charge in [-0.25, -0.2) is 0 Å². The van der Waals surface area contributed by atoms with E-state index in [2.05, 4.69) is 0 Å². The zero-order chi connectivity index (χ0) is 11.8. The second-order valence-electron chi connectivity index (χ2n) is 3.79. The Kier molecular flexibility index (Phi) is 3.12. The molecule has 1 aliphatic heterocycles. The first-order valence-electron chi connectivity index (χ1n) is 5.16. The number of methoxy groups -OCH3 is 1. The van der Waals surface area contributed by atoms with Crippen molar-refractivity contribution in [2.45, 2.75) is 17.2 Å². The molecular weight excluding hydrogens is 226 g/mol. The minimum Gasteiger partial charge on any atom is -0.626 e. The number of fused-ring (bicyclic) bond motifs is 1. The molecular formula is C11H15NO3S. The van der Waals surface area contributed by atoms with Gasteiger partial charge < -0.3 is 19.7 Å². The zero-order valence-electron chi connectivity index (χ0n) is 9.34. The number of hydroxylamine groups is 2. The summed E-state index contributed by atoms with van der Waals surface area (Å²) in [6.45, 7) is 1.97. The van der Waals surface area contributed by atoms with E-state index in [0.717, 1.165) is 4.90 Å². The number of thioether (sulfide) groups is 1. The van der Waals surface area contributed by atoms with Crippen molar-refractivity contribution in [3.8, 4) is 5.75 Å². The second kappa shape index (κ2) is 4.25. The lowest BCUT2D eigenvalue weighted by molar-refractivity contribution is 0.235. The second-order valence-corrected chi connectivity index (χ2v) is 5.15. The average molecular weight is 241 g/mol. The van der Waals surface area contributed by atoms with Crippen molar-refractivity contribution in [1.82, 2.24) is 4.65 Å². The Morgan fingerprint density at radius 3 is 2.94 bits per heavy atom. The summed E-state index contributed by atoms with van der Waals surface area (Å²) in [5, 5.41) is 21.5. The van der Waals surface area contributed by atoms with E-state index in [1.54, 1.807) is 24.9 Å². The number of rotatable bonds is 3. The van der Waals surface area contributed by atoms with Crippen molar-refractivity contribution in [2.24, 2.45) is 0 Å². The number of aliphatic hydroxyl groups excluding tert-OH is 1. The SMILES string of the molecule is COc1ccc2c(c1)[N+]([O-])(CCO)C(C)S2. The number of hydrogen-bond acceptors (Lipinski definition) is 4. The quantitative estimate of drug-likeness (QED) is 0.649. The minimum atomic E-state index is -0.478. The molecule has 88 valence electrons. The highest BCUT2D eigenvalue weighted by atomic mass is 32.2. The largest absolute Gasteiger partial charge is 0.626 e. The summed E-state index contributed by atoms with van der Waals surface area (Å²) in [5.41, 5.74) is 0.700. The maximum absolute atomic E-state index is 12.6. The highest BCUT2D eigenvalue weighted by Gasteiger charge is 2.38. The maximum Gasteiger partial charge on any atom is 0.151 e. The lowest BCUT2D eigenvalue weighted by Crippen LogP contribution is -2.48. The fourth-order valence-corrected chi connectivity index (χ4v) is 3.17. The fraction of sp³-hybridized carbons (Fsp3) is 0.455. The van der Waals surface area contributed by atoms with Crippen LogP contribution in [0.2, 0.25) is 0 Å². The smallest absolute Gasteiger partial charge is 0.151 e. The van der Waals surface area contributed by atoms with Crippen LogP contribution in [0.25, 0.3) is 0 Å². The predicted molar refractivity (Wildman–Crippen MR) is 65.4 cm³/mol. The molecule has 2 atom stereocenters. The normalized spacial score (nSPS) is 27.9. The van der Waals surface area contributed by atoms with Crippen molar-refractivity contribution in [3.63, 3.8) is 0 Å². The first-order chi connectivity index (χ1) is 7.61. The van der Waals surface area contributed by atoms with Gasteiger partial charge in [-0.1, -0.05) is 11.8 Å². The van der Waals surface area contributed by atoms with Crippen LogP contribution in [-0.4, -0.2) is 30.7 Å². The van der Waals surface area contributed by atoms with Gasteiger partial charge in [-0.3, -0.25) is 0 Å². The molecule has 1 N–H and O–H groups in total. The summed E-state index contributed by atoms with van der Waals surface area (Å²) in [7, 11) is 1.58. The molecule has 0 saturated carbocycles. The Labute approximate surface area is 99.0 Å². The van der Waals surface area contributed by atoms with Gasteiger partial charge in [0.2, 0.25) is 0 Å². The molecule has 1 aromatic rings. The average Bonchev–Trinajstić information content (AvgIpc) is 2.52. The number of ether oxygens (including phenoxy) is 1. The zero-order valence-corrected chi connectivity index (χ0v) is 10.2. The summed E-state index contributed by atoms with van der Waals surface area (Å²) in [4.78, 5) is 0.983. The number of quaternary nitrogens is 1. The van der Waals surface area contributed by atoms with Crippen LogP contribution < -0.4 is 9.38 Å². The van der Waals surface area contributed by atoms with Gasteiger partial charge in [0, 0.05) is 6.07 Å². The molecule has 1 heterocycles. The maximum atomic E-state index is 12.6. The third kappa shape index (κ3) is 1.69. The number of aliphatic hydroxyl groups is 1. The molecule has 2 unspecified atom stereocenters. The third-order valence-electron chi connectivity index (χ3n) is 2.89. The van der Waals surface area contributed by atoms with Gasteiger partial charge in [-0.2, -0.15) is 0 Å². The summed E-state index contributed by atoms with van der Waals surface area (Å²) in [6, 6.07) is 5.53. The van der Waals surface area contributed by atoms with Gasteiger partial charge in [0.1, 0.15) is 17.7 Å². The van der Waals surface area contributed by atoms with Crippen LogP contribution in [0, 0.1) is 5.21 Å². The van der Waals surface area contributed by atoms with E-state index >= 15 is 0 Å². The molecule has 0 saturated heterocycles. The Bertz CT molecular complexity index is 399. The third-order valence-corrected chi connectivity index (χ3v) is 4.17.